The molecule has 0 aromatic heterocycles. The standard InChI is InChI=1S/C22H34N2O2S/c1-20-7-5-14(25)11-13(20)3-4-15-16(20)6-8-21(2)17(15)12-18-22(21,26)24-10-9-23-19(24)27-18/h13-18,25-26H,3-12H2,1-2H3/t13-,14-,15+,16+,17+,18+,20-,21-,22-/m0/s1. The van der Waals surface area contributed by atoms with E-state index in [9.17, 15) is 10.2 Å². The van der Waals surface area contributed by atoms with Crippen LogP contribution in [0.5, 0.6) is 0 Å². The van der Waals surface area contributed by atoms with Gasteiger partial charge in [0.05, 0.1) is 17.9 Å². The molecule has 1 saturated heterocycles. The van der Waals surface area contributed by atoms with Crippen LogP contribution in [0.2, 0.25) is 0 Å². The molecule has 0 radical (unpaired) electrons. The van der Waals surface area contributed by atoms with Gasteiger partial charge in [-0.3, -0.25) is 4.99 Å². The maximum atomic E-state index is 12.1. The molecular weight excluding hydrogens is 356 g/mol. The Balaban J connectivity index is 1.35. The smallest absolute Gasteiger partial charge is 0.162 e. The number of nitrogens with zero attached hydrogens (tertiary/aromatic N) is 2. The Kier molecular flexibility index (Phi) is 3.55. The maximum Gasteiger partial charge on any atom is 0.162 e. The molecule has 6 rings (SSSR count). The number of hydrogen-bond donors (Lipinski definition) is 2. The molecule has 6 aliphatic rings. The molecule has 0 amide bonds. The number of hydrogen-bond acceptors (Lipinski definition) is 5. The van der Waals surface area contributed by atoms with Crippen LogP contribution in [-0.2, 0) is 0 Å². The van der Waals surface area contributed by atoms with E-state index in [0.717, 1.165) is 55.8 Å². The summed E-state index contributed by atoms with van der Waals surface area (Å²) in [5.74, 6) is 2.91. The van der Waals surface area contributed by atoms with Crippen LogP contribution in [0.1, 0.15) is 65.2 Å². The Morgan fingerprint density at radius 3 is 2.78 bits per heavy atom. The monoisotopic (exact) mass is 390 g/mol. The molecule has 4 saturated carbocycles. The lowest BCUT2D eigenvalue weighted by Gasteiger charge is -2.62. The molecule has 0 aromatic carbocycles. The first-order chi connectivity index (χ1) is 12.9. The van der Waals surface area contributed by atoms with Crippen molar-refractivity contribution in [3.8, 4) is 0 Å². The predicted octanol–water partition coefficient (Wildman–Crippen LogP) is 3.48. The lowest BCUT2D eigenvalue weighted by Crippen LogP contribution is -2.62. The molecule has 5 fully saturated rings. The van der Waals surface area contributed by atoms with E-state index >= 15 is 0 Å². The summed E-state index contributed by atoms with van der Waals surface area (Å²) in [5.41, 5.74) is -0.259. The molecular formula is C22H34N2O2S. The number of thioether (sulfide) groups is 1. The molecule has 0 spiro atoms. The average molecular weight is 391 g/mol. The van der Waals surface area contributed by atoms with Crippen LogP contribution in [0.15, 0.2) is 4.99 Å². The van der Waals surface area contributed by atoms with E-state index in [2.05, 4.69) is 23.7 Å². The molecule has 2 N–H and O–H groups in total. The number of amidine groups is 1. The van der Waals surface area contributed by atoms with Gasteiger partial charge in [-0.2, -0.15) is 0 Å². The van der Waals surface area contributed by atoms with Crippen LogP contribution in [0, 0.1) is 34.5 Å². The van der Waals surface area contributed by atoms with E-state index in [1.54, 1.807) is 0 Å². The minimum atomic E-state index is -0.677. The van der Waals surface area contributed by atoms with Gasteiger partial charge in [0.15, 0.2) is 10.9 Å². The quantitative estimate of drug-likeness (QED) is 0.665. The largest absolute Gasteiger partial charge is 0.393 e. The third-order valence-electron chi connectivity index (χ3n) is 10.2. The van der Waals surface area contributed by atoms with Crippen molar-refractivity contribution in [2.24, 2.45) is 39.5 Å². The normalized spacial score (nSPS) is 58.8. The average Bonchev–Trinajstić information content (AvgIpc) is 3.26. The molecule has 4 aliphatic carbocycles. The third kappa shape index (κ3) is 1.97. The SMILES string of the molecule is C[C@]12CC[C@H](O)C[C@@H]1CC[C@@H]1[C@H]2CC[C@@]2(C)[C@@H]1C[C@H]1SC3=NCCN3[C@]12O. The summed E-state index contributed by atoms with van der Waals surface area (Å²) < 4.78 is 0. The Morgan fingerprint density at radius 2 is 1.93 bits per heavy atom. The Hall–Kier alpha value is -0.260. The van der Waals surface area contributed by atoms with Crippen LogP contribution in [0.3, 0.4) is 0 Å². The number of aliphatic hydroxyl groups excluding tert-OH is 1. The highest BCUT2D eigenvalue weighted by Gasteiger charge is 2.73. The van der Waals surface area contributed by atoms with Crippen molar-refractivity contribution in [1.82, 2.24) is 4.90 Å². The zero-order valence-electron chi connectivity index (χ0n) is 16.7. The minimum absolute atomic E-state index is 0.00478. The van der Waals surface area contributed by atoms with E-state index in [-0.39, 0.29) is 11.5 Å². The van der Waals surface area contributed by atoms with E-state index in [4.69, 9.17) is 0 Å². The van der Waals surface area contributed by atoms with Crippen molar-refractivity contribution in [3.63, 3.8) is 0 Å². The zero-order chi connectivity index (χ0) is 18.6. The summed E-state index contributed by atoms with van der Waals surface area (Å²) in [6.07, 6.45) is 9.34. The number of aliphatic imine (C=N–C) groups is 1. The van der Waals surface area contributed by atoms with Gasteiger partial charge in [0.2, 0.25) is 0 Å². The van der Waals surface area contributed by atoms with Crippen molar-refractivity contribution >= 4 is 16.9 Å². The second kappa shape index (κ2) is 5.46. The van der Waals surface area contributed by atoms with Gasteiger partial charge >= 0.3 is 0 Å². The lowest BCUT2D eigenvalue weighted by molar-refractivity contribution is -0.191. The molecule has 0 unspecified atom stereocenters. The maximum absolute atomic E-state index is 12.1. The van der Waals surface area contributed by atoms with Gasteiger partial charge < -0.3 is 15.1 Å². The van der Waals surface area contributed by atoms with Crippen molar-refractivity contribution < 1.29 is 10.2 Å². The molecule has 2 heterocycles. The predicted molar refractivity (Wildman–Crippen MR) is 108 cm³/mol. The molecule has 5 heteroatoms. The summed E-state index contributed by atoms with van der Waals surface area (Å²) in [6.45, 7) is 6.72. The molecule has 4 nitrogen and oxygen atoms in total. The van der Waals surface area contributed by atoms with E-state index < -0.39 is 5.72 Å². The highest BCUT2D eigenvalue weighted by atomic mass is 32.2. The second-order valence-electron chi connectivity index (χ2n) is 10.9. The molecule has 0 aromatic rings. The summed E-state index contributed by atoms with van der Waals surface area (Å²) in [6, 6.07) is 0. The second-order valence-corrected chi connectivity index (χ2v) is 12.1. The topological polar surface area (TPSA) is 56.1 Å². The Labute approximate surface area is 167 Å². The molecule has 150 valence electrons. The molecule has 27 heavy (non-hydrogen) atoms. The van der Waals surface area contributed by atoms with Crippen LogP contribution >= 0.6 is 11.8 Å². The highest BCUT2D eigenvalue weighted by Crippen LogP contribution is 2.71. The highest BCUT2D eigenvalue weighted by molar-refractivity contribution is 8.14. The number of aliphatic hydroxyl groups is 2. The Bertz CT molecular complexity index is 700. The third-order valence-corrected chi connectivity index (χ3v) is 11.6. The summed E-state index contributed by atoms with van der Waals surface area (Å²) in [7, 11) is 0. The van der Waals surface area contributed by atoms with Crippen LogP contribution in [-0.4, -0.2) is 50.4 Å². The van der Waals surface area contributed by atoms with E-state index in [0.29, 0.717) is 22.5 Å². The molecule has 2 aliphatic heterocycles. The van der Waals surface area contributed by atoms with Gasteiger partial charge in [-0.1, -0.05) is 25.6 Å². The fourth-order valence-corrected chi connectivity index (χ4v) is 10.4. The van der Waals surface area contributed by atoms with Crippen LogP contribution in [0.25, 0.3) is 0 Å². The van der Waals surface area contributed by atoms with Crippen molar-refractivity contribution in [1.29, 1.82) is 0 Å². The summed E-state index contributed by atoms with van der Waals surface area (Å²) in [4.78, 5) is 6.95. The van der Waals surface area contributed by atoms with Gasteiger partial charge in [-0.15, -0.1) is 0 Å². The number of rotatable bonds is 0. The van der Waals surface area contributed by atoms with Gasteiger partial charge in [-0.25, -0.2) is 0 Å². The minimum Gasteiger partial charge on any atom is -0.393 e. The fraction of sp³-hybridized carbons (Fsp3) is 0.955. The van der Waals surface area contributed by atoms with E-state index in [1.165, 1.54) is 25.7 Å². The van der Waals surface area contributed by atoms with E-state index in [1.807, 2.05) is 11.8 Å². The van der Waals surface area contributed by atoms with Gasteiger partial charge in [0.1, 0.15) is 0 Å². The van der Waals surface area contributed by atoms with Crippen molar-refractivity contribution in [2.45, 2.75) is 82.3 Å². The zero-order valence-corrected chi connectivity index (χ0v) is 17.5. The van der Waals surface area contributed by atoms with Gasteiger partial charge in [-0.05, 0) is 80.5 Å². The van der Waals surface area contributed by atoms with Crippen LogP contribution in [0.4, 0.5) is 0 Å². The summed E-state index contributed by atoms with van der Waals surface area (Å²) >= 11 is 1.87. The van der Waals surface area contributed by atoms with Gasteiger partial charge in [0.25, 0.3) is 0 Å². The van der Waals surface area contributed by atoms with Crippen LogP contribution < -0.4 is 0 Å². The molecule has 9 atom stereocenters. The Morgan fingerprint density at radius 1 is 1.07 bits per heavy atom. The number of fused-ring (bicyclic) bond motifs is 9. The van der Waals surface area contributed by atoms with Crippen molar-refractivity contribution in [3.05, 3.63) is 0 Å². The van der Waals surface area contributed by atoms with Crippen molar-refractivity contribution in [2.75, 3.05) is 13.1 Å². The molecule has 0 bridgehead atoms. The van der Waals surface area contributed by atoms with Gasteiger partial charge in [0, 0.05) is 12.0 Å². The fourth-order valence-electron chi connectivity index (χ4n) is 8.79. The lowest BCUT2D eigenvalue weighted by atomic mass is 9.44. The first-order valence-electron chi connectivity index (χ1n) is 11.3. The first-order valence-corrected chi connectivity index (χ1v) is 12.1. The first kappa shape index (κ1) is 17.6. The summed E-state index contributed by atoms with van der Waals surface area (Å²) in [5, 5.41) is 23.7.